The number of aliphatic imine (C=N–C) groups is 1. The van der Waals surface area contributed by atoms with Crippen molar-refractivity contribution in [3.63, 3.8) is 0 Å². The molecule has 2 aromatic carbocycles. The molecular formula is C58H84ClN17O13. The number of nitrogens with zero attached hydrogens (tertiary/aromatic N) is 3. The maximum atomic E-state index is 14.7. The van der Waals surface area contributed by atoms with E-state index in [2.05, 4.69) is 57.8 Å². The number of likely N-dealkylation sites (tertiary alicyclic amines) is 1. The summed E-state index contributed by atoms with van der Waals surface area (Å²) in [6, 6.07) is 0.889. The number of aliphatic hydroxyl groups is 1. The van der Waals surface area contributed by atoms with Crippen LogP contribution < -0.4 is 76.5 Å². The largest absolute Gasteiger partial charge is 0.508 e. The van der Waals surface area contributed by atoms with Crippen LogP contribution in [0.25, 0.3) is 0 Å². The Balaban J connectivity index is 1.64. The highest BCUT2D eigenvalue weighted by molar-refractivity contribution is 6.30. The van der Waals surface area contributed by atoms with Crippen LogP contribution in [0.4, 0.5) is 4.79 Å². The third kappa shape index (κ3) is 24.9. The number of guanidine groups is 1. The Morgan fingerprint density at radius 3 is 1.65 bits per heavy atom. The molecule has 1 saturated heterocycles. The topological polar surface area (TPSA) is 495 Å². The van der Waals surface area contributed by atoms with Gasteiger partial charge in [0.25, 0.3) is 0 Å². The molecule has 89 heavy (non-hydrogen) atoms. The molecule has 10 atom stereocenters. The highest BCUT2D eigenvalue weighted by atomic mass is 35.5. The summed E-state index contributed by atoms with van der Waals surface area (Å²) in [4.78, 5) is 160. The second kappa shape index (κ2) is 36.2. The summed E-state index contributed by atoms with van der Waals surface area (Å²) >= 11 is 6.09. The number of amides is 12. The van der Waals surface area contributed by atoms with Crippen LogP contribution in [0.3, 0.4) is 0 Å². The number of hydrogen-bond acceptors (Lipinski definition) is 16. The molecule has 486 valence electrons. The molecule has 12 amide bonds. The fraction of sp³-hybridized carbons (Fsp3) is 0.500. The number of nitrogens with two attached hydrogens (primary N) is 5. The number of carbonyl (C=O) groups excluding carboxylic acids is 11. The average molecular weight is 1260 g/mol. The molecule has 2 heterocycles. The van der Waals surface area contributed by atoms with Gasteiger partial charge >= 0.3 is 6.03 Å². The van der Waals surface area contributed by atoms with Crippen molar-refractivity contribution < 1.29 is 63.0 Å². The first kappa shape index (κ1) is 72.3. The number of urea groups is 1. The molecule has 0 spiro atoms. The van der Waals surface area contributed by atoms with Crippen LogP contribution in [0.5, 0.6) is 5.75 Å². The van der Waals surface area contributed by atoms with Crippen molar-refractivity contribution in [2.24, 2.45) is 39.6 Å². The normalized spacial score (nSPS) is 15.8. The van der Waals surface area contributed by atoms with Gasteiger partial charge in [-0.2, -0.15) is 0 Å². The van der Waals surface area contributed by atoms with Gasteiger partial charge in [0.15, 0.2) is 5.96 Å². The summed E-state index contributed by atoms with van der Waals surface area (Å²) in [5, 5.41) is 44.4. The second-order valence-corrected chi connectivity index (χ2v) is 22.4. The van der Waals surface area contributed by atoms with Crippen LogP contribution in [-0.4, -0.2) is 178 Å². The Bertz CT molecular complexity index is 2940. The van der Waals surface area contributed by atoms with Gasteiger partial charge in [-0.3, -0.25) is 57.9 Å². The van der Waals surface area contributed by atoms with E-state index in [-0.39, 0.29) is 95.0 Å². The fourth-order valence-electron chi connectivity index (χ4n) is 9.37. The van der Waals surface area contributed by atoms with Crippen LogP contribution in [0.15, 0.2) is 78.0 Å². The van der Waals surface area contributed by atoms with E-state index in [1.807, 2.05) is 0 Å². The summed E-state index contributed by atoms with van der Waals surface area (Å²) in [5.74, 6) is -9.02. The van der Waals surface area contributed by atoms with Gasteiger partial charge in [0.05, 0.1) is 12.6 Å². The van der Waals surface area contributed by atoms with E-state index in [4.69, 9.17) is 40.3 Å². The molecular weight excluding hydrogens is 1180 g/mol. The second-order valence-electron chi connectivity index (χ2n) is 22.0. The van der Waals surface area contributed by atoms with Crippen LogP contribution >= 0.6 is 11.6 Å². The van der Waals surface area contributed by atoms with Crippen LogP contribution in [0.1, 0.15) is 89.3 Å². The van der Waals surface area contributed by atoms with Crippen LogP contribution in [-0.2, 0) is 67.2 Å². The fourth-order valence-corrected chi connectivity index (χ4v) is 9.50. The van der Waals surface area contributed by atoms with Gasteiger partial charge in [-0.25, -0.2) is 4.79 Å². The molecule has 1 aromatic heterocycles. The molecule has 4 rings (SSSR count). The maximum Gasteiger partial charge on any atom is 0.312 e. The van der Waals surface area contributed by atoms with Crippen molar-refractivity contribution in [2.45, 2.75) is 152 Å². The number of carbonyl (C=O) groups is 11. The third-order valence-corrected chi connectivity index (χ3v) is 14.4. The standard InChI is InChI=1S/C58H84ClN17O13/c1-31(2)25-41(50(82)70-40(11-7-22-66-57(62)63)56(88)76-24-8-12-46(76)55(87)68-33(4)47(61)79)72-49(81)39(10-6-23-67-58(64)89)69-51(83)43(27-35-15-19-38(78)20-16-35)74-54(86)45(30-77)75-53(85)44(28-36-9-5-21-65-29-36)73-52(84)42(71-48(80)32(3)60)26-34-13-17-37(59)18-14-34/h5,9,13-21,29,31-33,39-46,77-78H,6-8,10-12,22-28,30,60H2,1-4H3,(H2,61,79)(H,68,87)(H,69,83)(H,70,82)(H,71,80)(H,72,81)(H,73,84)(H,74,86)(H,75,85)(H4,62,63,66)(H3,64,67,89)/t32-,33-,39-,40+,41+,42-,43+,44-,45+,46+/m1/s1. The number of aromatic hydroxyl groups is 1. The highest BCUT2D eigenvalue weighted by Crippen LogP contribution is 2.21. The summed E-state index contributed by atoms with van der Waals surface area (Å²) in [7, 11) is 0. The quantitative estimate of drug-likeness (QED) is 0.0156. The zero-order valence-corrected chi connectivity index (χ0v) is 50.9. The first-order valence-corrected chi connectivity index (χ1v) is 29.4. The molecule has 0 unspecified atom stereocenters. The third-order valence-electron chi connectivity index (χ3n) is 14.1. The zero-order valence-electron chi connectivity index (χ0n) is 50.2. The monoisotopic (exact) mass is 1260 g/mol. The molecule has 1 aliphatic heterocycles. The molecule has 0 radical (unpaired) electrons. The molecule has 31 heteroatoms. The van der Waals surface area contributed by atoms with Gasteiger partial charge in [0, 0.05) is 56.3 Å². The molecule has 30 nitrogen and oxygen atoms in total. The Morgan fingerprint density at radius 1 is 0.629 bits per heavy atom. The van der Waals surface area contributed by atoms with Crippen molar-refractivity contribution >= 4 is 82.7 Å². The summed E-state index contributed by atoms with van der Waals surface area (Å²) < 4.78 is 0. The van der Waals surface area contributed by atoms with E-state index in [1.165, 1.54) is 55.4 Å². The number of pyridine rings is 1. The van der Waals surface area contributed by atoms with E-state index < -0.39 is 132 Å². The molecule has 0 aliphatic carbocycles. The molecule has 1 aliphatic rings. The number of aliphatic hydroxyl groups excluding tert-OH is 1. The van der Waals surface area contributed by atoms with Crippen molar-refractivity contribution in [1.29, 1.82) is 0 Å². The minimum atomic E-state index is -1.80. The lowest BCUT2D eigenvalue weighted by Crippen LogP contribution is -2.61. The van der Waals surface area contributed by atoms with Gasteiger partial charge in [-0.1, -0.05) is 55.8 Å². The predicted molar refractivity (Wildman–Crippen MR) is 327 cm³/mol. The number of benzene rings is 2. The molecule has 3 aromatic rings. The molecule has 21 N–H and O–H groups in total. The summed E-state index contributed by atoms with van der Waals surface area (Å²) in [6.45, 7) is 5.39. The van der Waals surface area contributed by atoms with Crippen LogP contribution in [0.2, 0.25) is 5.02 Å². The number of phenols is 1. The first-order valence-electron chi connectivity index (χ1n) is 29.0. The molecule has 1 fully saturated rings. The van der Waals surface area contributed by atoms with Crippen molar-refractivity contribution in [3.05, 3.63) is 94.8 Å². The summed E-state index contributed by atoms with van der Waals surface area (Å²) in [6.07, 6.45) is 2.94. The number of nitrogens with one attached hydrogen (secondary N) is 9. The van der Waals surface area contributed by atoms with Crippen molar-refractivity contribution in [2.75, 3.05) is 26.2 Å². The van der Waals surface area contributed by atoms with Crippen molar-refractivity contribution in [1.82, 2.24) is 57.7 Å². The Kier molecular flexibility index (Phi) is 29.4. The van der Waals surface area contributed by atoms with Gasteiger partial charge in [-0.15, -0.1) is 0 Å². The van der Waals surface area contributed by atoms with Crippen LogP contribution in [0, 0.1) is 5.92 Å². The van der Waals surface area contributed by atoms with Gasteiger partial charge < -0.3 is 91.6 Å². The lowest BCUT2D eigenvalue weighted by Gasteiger charge is -2.31. The van der Waals surface area contributed by atoms with E-state index >= 15 is 0 Å². The smallest absolute Gasteiger partial charge is 0.312 e. The molecule has 0 bridgehead atoms. The Hall–Kier alpha value is -9.16. The molecule has 0 saturated carbocycles. The lowest BCUT2D eigenvalue weighted by molar-refractivity contribution is -0.142. The Labute approximate surface area is 520 Å². The number of primary amides is 2. The predicted octanol–water partition coefficient (Wildman–Crippen LogP) is -3.27. The average Bonchev–Trinajstić information content (AvgIpc) is 3.12. The van der Waals surface area contributed by atoms with E-state index in [1.54, 1.807) is 50.2 Å². The van der Waals surface area contributed by atoms with Gasteiger partial charge in [0.2, 0.25) is 59.1 Å². The SMILES string of the molecule is CC(C)C[C@H](NC(=O)[C@@H](CCCNC(N)=O)NC(=O)[C@H](Cc1ccc(O)cc1)NC(=O)[C@H](CO)NC(=O)[C@@H](Cc1cccnc1)NC(=O)[C@@H](Cc1ccc(Cl)cc1)NC(=O)[C@@H](C)N)C(=O)N[C@@H](CCCN=C(N)N)C(=O)N1CCC[C@H]1C(=O)N[C@H](C)C(N)=O. The Morgan fingerprint density at radius 2 is 1.12 bits per heavy atom. The van der Waals surface area contributed by atoms with Crippen molar-refractivity contribution in [3.8, 4) is 5.75 Å². The number of aromatic nitrogens is 1. The van der Waals surface area contributed by atoms with Gasteiger partial charge in [0.1, 0.15) is 60.1 Å². The van der Waals surface area contributed by atoms with E-state index in [0.29, 0.717) is 28.1 Å². The van der Waals surface area contributed by atoms with E-state index in [9.17, 15) is 63.0 Å². The first-order chi connectivity index (χ1) is 42.1. The van der Waals surface area contributed by atoms with E-state index in [0.717, 1.165) is 0 Å². The zero-order chi connectivity index (χ0) is 65.9. The minimum absolute atomic E-state index is 0.00910. The highest BCUT2D eigenvalue weighted by Gasteiger charge is 2.40. The maximum absolute atomic E-state index is 14.7. The number of halogens is 1. The van der Waals surface area contributed by atoms with Gasteiger partial charge in [-0.05, 0) is 112 Å². The lowest BCUT2D eigenvalue weighted by atomic mass is 10.00. The minimum Gasteiger partial charge on any atom is -0.508 e. The number of phenolic OH excluding ortho intramolecular Hbond substituents is 1. The number of hydrogen-bond donors (Lipinski definition) is 16. The summed E-state index contributed by atoms with van der Waals surface area (Å²) in [5.41, 5.74) is 29.0. The number of rotatable bonds is 35.